The van der Waals surface area contributed by atoms with E-state index in [4.69, 9.17) is 9.15 Å². The van der Waals surface area contributed by atoms with Crippen LogP contribution in [0.1, 0.15) is 24.3 Å². The summed E-state index contributed by atoms with van der Waals surface area (Å²) in [6, 6.07) is 8.19. The summed E-state index contributed by atoms with van der Waals surface area (Å²) in [6.45, 7) is 6.85. The molecule has 2 aliphatic rings. The third kappa shape index (κ3) is 6.00. The van der Waals surface area contributed by atoms with Crippen LogP contribution in [0.5, 0.6) is 0 Å². The molecule has 4 rings (SSSR count). The molecule has 1 aromatic carbocycles. The van der Waals surface area contributed by atoms with Crippen molar-refractivity contribution in [3.05, 3.63) is 41.9 Å². The summed E-state index contributed by atoms with van der Waals surface area (Å²) in [7, 11) is 1.78. The van der Waals surface area contributed by atoms with E-state index in [0.717, 1.165) is 43.2 Å². The van der Waals surface area contributed by atoms with Crippen molar-refractivity contribution in [1.29, 1.82) is 0 Å². The number of rotatable bonds is 4. The Balaban J connectivity index is 0.00000289. The molecule has 0 aliphatic carbocycles. The summed E-state index contributed by atoms with van der Waals surface area (Å²) in [5.41, 5.74) is 2.23. The Morgan fingerprint density at radius 3 is 2.47 bits per heavy atom. The van der Waals surface area contributed by atoms with E-state index in [0.29, 0.717) is 38.7 Å². The van der Waals surface area contributed by atoms with Gasteiger partial charge in [-0.25, -0.2) is 4.98 Å². The summed E-state index contributed by atoms with van der Waals surface area (Å²) in [5.74, 6) is 2.56. The molecule has 2 fully saturated rings. The molecule has 1 amide bonds. The highest BCUT2D eigenvalue weighted by molar-refractivity contribution is 14.0. The minimum absolute atomic E-state index is 0. The van der Waals surface area contributed by atoms with Crippen LogP contribution < -0.4 is 5.32 Å². The van der Waals surface area contributed by atoms with Crippen molar-refractivity contribution >= 4 is 35.8 Å². The number of nitrogens with one attached hydrogen (secondary N) is 1. The number of amides is 1. The second kappa shape index (κ2) is 11.6. The number of nitrogens with zero attached hydrogens (tertiary/aromatic N) is 4. The first-order valence-corrected chi connectivity index (χ1v) is 11.0. The van der Waals surface area contributed by atoms with Crippen molar-refractivity contribution in [1.82, 2.24) is 20.1 Å². The molecule has 0 spiro atoms. The van der Waals surface area contributed by atoms with Gasteiger partial charge in [-0.3, -0.25) is 9.79 Å². The second-order valence-electron chi connectivity index (χ2n) is 8.08. The van der Waals surface area contributed by atoms with Crippen LogP contribution in [0.15, 0.2) is 39.9 Å². The van der Waals surface area contributed by atoms with E-state index in [1.165, 1.54) is 5.56 Å². The van der Waals surface area contributed by atoms with E-state index >= 15 is 0 Å². The molecule has 8 nitrogen and oxygen atoms in total. The van der Waals surface area contributed by atoms with Crippen LogP contribution >= 0.6 is 24.0 Å². The van der Waals surface area contributed by atoms with E-state index in [1.54, 1.807) is 13.2 Å². The van der Waals surface area contributed by atoms with Crippen LogP contribution in [-0.2, 0) is 16.1 Å². The van der Waals surface area contributed by atoms with E-state index in [-0.39, 0.29) is 35.8 Å². The molecule has 9 heteroatoms. The Hall–Kier alpha value is -2.14. The van der Waals surface area contributed by atoms with Crippen molar-refractivity contribution < 1.29 is 13.9 Å². The molecule has 0 atom stereocenters. The van der Waals surface area contributed by atoms with Crippen LogP contribution in [-0.4, -0.2) is 73.1 Å². The number of piperidine rings is 1. The fraction of sp³-hybridized carbons (Fsp3) is 0.522. The zero-order valence-electron chi connectivity index (χ0n) is 18.7. The number of guanidine groups is 1. The Kier molecular flexibility index (Phi) is 8.92. The minimum Gasteiger partial charge on any atom is -0.439 e. The Labute approximate surface area is 206 Å². The highest BCUT2D eigenvalue weighted by Crippen LogP contribution is 2.22. The maximum Gasteiger partial charge on any atom is 0.225 e. The number of oxazole rings is 1. The number of aliphatic imine (C=N–C) groups is 1. The number of ether oxygens (including phenoxy) is 1. The van der Waals surface area contributed by atoms with Gasteiger partial charge >= 0.3 is 0 Å². The molecule has 32 heavy (non-hydrogen) atoms. The Morgan fingerprint density at radius 1 is 1.12 bits per heavy atom. The van der Waals surface area contributed by atoms with Gasteiger partial charge in [-0.05, 0) is 19.8 Å². The first-order valence-electron chi connectivity index (χ1n) is 11.0. The summed E-state index contributed by atoms with van der Waals surface area (Å²) < 4.78 is 11.3. The molecular formula is C23H32IN5O3. The number of hydrogen-bond donors (Lipinski definition) is 1. The summed E-state index contributed by atoms with van der Waals surface area (Å²) in [4.78, 5) is 25.7. The fourth-order valence-electron chi connectivity index (χ4n) is 4.11. The minimum atomic E-state index is 0. The molecule has 0 saturated carbocycles. The quantitative estimate of drug-likeness (QED) is 0.356. The van der Waals surface area contributed by atoms with Crippen molar-refractivity contribution in [2.24, 2.45) is 10.9 Å². The smallest absolute Gasteiger partial charge is 0.225 e. The number of morpholine rings is 1. The first kappa shape index (κ1) is 24.5. The number of aryl methyl sites for hydroxylation is 1. The standard InChI is InChI=1S/C23H31N5O3.HI/c1-17-3-5-18(6-4-17)20-15-25-21(31-20)16-26-23(24-2)28-9-7-19(8-10-28)22(29)27-11-13-30-14-12-27;/h3-6,15,19H,7-14,16H2,1-2H3,(H,24,26);1H. The predicted octanol–water partition coefficient (Wildman–Crippen LogP) is 2.91. The van der Waals surface area contributed by atoms with E-state index < -0.39 is 0 Å². The zero-order chi connectivity index (χ0) is 21.6. The van der Waals surface area contributed by atoms with Gasteiger partial charge in [0.15, 0.2) is 11.7 Å². The maximum atomic E-state index is 12.7. The lowest BCUT2D eigenvalue weighted by Crippen LogP contribution is -2.49. The highest BCUT2D eigenvalue weighted by atomic mass is 127. The van der Waals surface area contributed by atoms with Gasteiger partial charge in [-0.1, -0.05) is 29.8 Å². The number of benzene rings is 1. The van der Waals surface area contributed by atoms with Crippen molar-refractivity contribution in [3.63, 3.8) is 0 Å². The number of hydrogen-bond acceptors (Lipinski definition) is 5. The molecule has 0 unspecified atom stereocenters. The number of halogens is 1. The average molecular weight is 553 g/mol. The number of carbonyl (C=O) groups excluding carboxylic acids is 1. The largest absolute Gasteiger partial charge is 0.439 e. The maximum absolute atomic E-state index is 12.7. The van der Waals surface area contributed by atoms with Gasteiger partial charge in [0.05, 0.1) is 26.0 Å². The lowest BCUT2D eigenvalue weighted by Gasteiger charge is -2.36. The third-order valence-corrected chi connectivity index (χ3v) is 5.97. The molecule has 174 valence electrons. The SMILES string of the molecule is CN=C(NCc1ncc(-c2ccc(C)cc2)o1)N1CCC(C(=O)N2CCOCC2)CC1.I. The molecule has 2 aromatic rings. The molecule has 1 aromatic heterocycles. The number of carbonyl (C=O) groups is 1. The topological polar surface area (TPSA) is 83.2 Å². The second-order valence-corrected chi connectivity index (χ2v) is 8.08. The fourth-order valence-corrected chi connectivity index (χ4v) is 4.11. The molecule has 2 aliphatic heterocycles. The predicted molar refractivity (Wildman–Crippen MR) is 134 cm³/mol. The average Bonchev–Trinajstić information content (AvgIpc) is 3.29. The van der Waals surface area contributed by atoms with Gasteiger partial charge in [-0.15, -0.1) is 24.0 Å². The van der Waals surface area contributed by atoms with Crippen molar-refractivity contribution in [2.75, 3.05) is 46.4 Å². The molecule has 1 N–H and O–H groups in total. The molecule has 0 radical (unpaired) electrons. The Bertz CT molecular complexity index is 901. The normalized spacial score (nSPS) is 17.8. The van der Waals surface area contributed by atoms with Crippen LogP contribution in [0.25, 0.3) is 11.3 Å². The monoisotopic (exact) mass is 553 g/mol. The van der Waals surface area contributed by atoms with E-state index in [2.05, 4.69) is 39.2 Å². The van der Waals surface area contributed by atoms with Crippen LogP contribution in [0.4, 0.5) is 0 Å². The lowest BCUT2D eigenvalue weighted by molar-refractivity contribution is -0.140. The molecule has 2 saturated heterocycles. The van der Waals surface area contributed by atoms with Gasteiger partial charge < -0.3 is 24.3 Å². The highest BCUT2D eigenvalue weighted by Gasteiger charge is 2.30. The number of likely N-dealkylation sites (tertiary alicyclic amines) is 1. The van der Waals surface area contributed by atoms with Crippen LogP contribution in [0.3, 0.4) is 0 Å². The Morgan fingerprint density at radius 2 is 1.81 bits per heavy atom. The first-order chi connectivity index (χ1) is 15.1. The number of aromatic nitrogens is 1. The molecule has 3 heterocycles. The van der Waals surface area contributed by atoms with Gasteiger partial charge in [-0.2, -0.15) is 0 Å². The van der Waals surface area contributed by atoms with E-state index in [1.807, 2.05) is 17.0 Å². The van der Waals surface area contributed by atoms with Gasteiger partial charge in [0, 0.05) is 44.7 Å². The van der Waals surface area contributed by atoms with Crippen molar-refractivity contribution in [2.45, 2.75) is 26.3 Å². The van der Waals surface area contributed by atoms with Gasteiger partial charge in [0.2, 0.25) is 11.8 Å². The lowest BCUT2D eigenvalue weighted by atomic mass is 9.95. The van der Waals surface area contributed by atoms with Gasteiger partial charge in [0.25, 0.3) is 0 Å². The zero-order valence-corrected chi connectivity index (χ0v) is 21.1. The van der Waals surface area contributed by atoms with Gasteiger partial charge in [0.1, 0.15) is 0 Å². The molecular weight excluding hydrogens is 521 g/mol. The summed E-state index contributed by atoms with van der Waals surface area (Å²) in [6.07, 6.45) is 3.44. The summed E-state index contributed by atoms with van der Waals surface area (Å²) >= 11 is 0. The van der Waals surface area contributed by atoms with E-state index in [9.17, 15) is 4.79 Å². The third-order valence-electron chi connectivity index (χ3n) is 5.97. The molecule has 0 bridgehead atoms. The van der Waals surface area contributed by atoms with Crippen LogP contribution in [0, 0.1) is 12.8 Å². The van der Waals surface area contributed by atoms with Crippen molar-refractivity contribution in [3.8, 4) is 11.3 Å². The summed E-state index contributed by atoms with van der Waals surface area (Å²) in [5, 5.41) is 3.34. The van der Waals surface area contributed by atoms with Crippen LogP contribution in [0.2, 0.25) is 0 Å².